The first kappa shape index (κ1) is 20.9. The van der Waals surface area contributed by atoms with Crippen LogP contribution in [0.2, 0.25) is 0 Å². The summed E-state index contributed by atoms with van der Waals surface area (Å²) in [7, 11) is 0. The van der Waals surface area contributed by atoms with Gasteiger partial charge in [-0.3, -0.25) is 9.59 Å². The summed E-state index contributed by atoms with van der Waals surface area (Å²) in [6, 6.07) is 0. The molecule has 0 saturated carbocycles. The van der Waals surface area contributed by atoms with Gasteiger partial charge in [-0.2, -0.15) is 0 Å². The van der Waals surface area contributed by atoms with Crippen LogP contribution in [-0.2, 0) is 14.3 Å². The number of ether oxygens (including phenoxy) is 1. The lowest BCUT2D eigenvalue weighted by Gasteiger charge is -2.37. The minimum absolute atomic E-state index is 0.0157. The van der Waals surface area contributed by atoms with Gasteiger partial charge in [0.25, 0.3) is 0 Å². The minimum atomic E-state index is -0.590. The number of hydrogen-bond acceptors (Lipinski definition) is 4. The van der Waals surface area contributed by atoms with Gasteiger partial charge in [-0.1, -0.05) is 52.7 Å². The summed E-state index contributed by atoms with van der Waals surface area (Å²) in [6.45, 7) is 13.7. The predicted octanol–water partition coefficient (Wildman–Crippen LogP) is 3.77. The first-order valence-corrected chi connectivity index (χ1v) is 9.19. The van der Waals surface area contributed by atoms with Gasteiger partial charge in [-0.05, 0) is 32.1 Å². The Hall–Kier alpha value is -1.16. The number of carbonyl (C=O) groups is 2. The molecule has 0 aromatic carbocycles. The Bertz CT molecular complexity index is 482. The molecule has 1 heterocycles. The third kappa shape index (κ3) is 4.92. The number of rotatable bonds is 9. The van der Waals surface area contributed by atoms with Crippen molar-refractivity contribution in [1.29, 1.82) is 0 Å². The third-order valence-corrected chi connectivity index (χ3v) is 5.49. The maximum Gasteiger partial charge on any atom is 0.312 e. The molecule has 1 N–H and O–H groups in total. The number of Topliss-reactive ketones (excluding diaryl/α,β-unsaturated/α-hetero) is 1. The van der Waals surface area contributed by atoms with Gasteiger partial charge in [-0.25, -0.2) is 0 Å². The molecule has 0 spiro atoms. The fourth-order valence-corrected chi connectivity index (χ4v) is 3.53. The average molecular weight is 338 g/mol. The van der Waals surface area contributed by atoms with Crippen LogP contribution < -0.4 is 0 Å². The number of ketones is 1. The lowest BCUT2D eigenvalue weighted by Crippen LogP contribution is -2.47. The van der Waals surface area contributed by atoms with E-state index in [2.05, 4.69) is 6.92 Å². The van der Waals surface area contributed by atoms with E-state index in [9.17, 15) is 14.7 Å². The van der Waals surface area contributed by atoms with Crippen molar-refractivity contribution in [1.82, 2.24) is 0 Å². The molecule has 1 rings (SSSR count). The second kappa shape index (κ2) is 8.80. The Morgan fingerprint density at radius 3 is 2.33 bits per heavy atom. The summed E-state index contributed by atoms with van der Waals surface area (Å²) in [5.41, 5.74) is 1.13. The molecule has 4 heteroatoms. The van der Waals surface area contributed by atoms with E-state index in [0.29, 0.717) is 0 Å². The quantitative estimate of drug-likeness (QED) is 0.513. The standard InChI is InChI=1S/C20H34O4/c1-8-12(3)17(21)15(6)18(22)13(4)9-11(2)10-14(5)19-16(7)20(23)24-19/h9,12-17,19,21H,8,10H2,1-7H3. The van der Waals surface area contributed by atoms with Gasteiger partial charge >= 0.3 is 5.97 Å². The fourth-order valence-electron chi connectivity index (χ4n) is 3.53. The molecule has 1 saturated heterocycles. The average Bonchev–Trinajstić information content (AvgIpc) is 2.55. The number of carbonyl (C=O) groups excluding carboxylic acids is 2. The highest BCUT2D eigenvalue weighted by atomic mass is 16.6. The molecule has 138 valence electrons. The fraction of sp³-hybridized carbons (Fsp3) is 0.800. The SMILES string of the molecule is CCC(C)C(O)C(C)C(=O)C(C)C=C(C)CC(C)C1OC(=O)C1C. The summed E-state index contributed by atoms with van der Waals surface area (Å²) in [6.07, 6.45) is 3.05. The second-order valence-corrected chi connectivity index (χ2v) is 7.74. The zero-order chi connectivity index (χ0) is 18.6. The van der Waals surface area contributed by atoms with Crippen molar-refractivity contribution < 1.29 is 19.4 Å². The normalized spacial score (nSPS) is 27.5. The molecule has 4 nitrogen and oxygen atoms in total. The molecule has 0 radical (unpaired) electrons. The van der Waals surface area contributed by atoms with Crippen molar-refractivity contribution in [2.75, 3.05) is 0 Å². The zero-order valence-electron chi connectivity index (χ0n) is 16.2. The van der Waals surface area contributed by atoms with Crippen LogP contribution in [0.25, 0.3) is 0 Å². The van der Waals surface area contributed by atoms with Crippen LogP contribution in [0.5, 0.6) is 0 Å². The van der Waals surface area contributed by atoms with Crippen LogP contribution in [0.15, 0.2) is 11.6 Å². The molecule has 7 unspecified atom stereocenters. The van der Waals surface area contributed by atoms with Crippen LogP contribution in [0, 0.1) is 29.6 Å². The van der Waals surface area contributed by atoms with Gasteiger partial charge in [-0.15, -0.1) is 0 Å². The number of esters is 1. The Labute approximate surface area is 146 Å². The molecule has 24 heavy (non-hydrogen) atoms. The molecular formula is C20H34O4. The van der Waals surface area contributed by atoms with Crippen molar-refractivity contribution in [2.45, 2.75) is 73.5 Å². The van der Waals surface area contributed by atoms with Gasteiger partial charge in [0.15, 0.2) is 0 Å². The first-order valence-electron chi connectivity index (χ1n) is 9.19. The van der Waals surface area contributed by atoms with Crippen molar-refractivity contribution in [2.24, 2.45) is 29.6 Å². The predicted molar refractivity (Wildman–Crippen MR) is 95.4 cm³/mol. The zero-order valence-corrected chi connectivity index (χ0v) is 16.2. The smallest absolute Gasteiger partial charge is 0.312 e. The van der Waals surface area contributed by atoms with Crippen LogP contribution in [0.1, 0.15) is 61.3 Å². The Kier molecular flexibility index (Phi) is 7.65. The van der Waals surface area contributed by atoms with Gasteiger partial charge in [0, 0.05) is 11.8 Å². The Morgan fingerprint density at radius 2 is 1.88 bits per heavy atom. The molecule has 0 aromatic rings. The summed E-state index contributed by atoms with van der Waals surface area (Å²) in [5.74, 6) is -0.271. The lowest BCUT2D eigenvalue weighted by atomic mass is 9.82. The molecule has 1 fully saturated rings. The maximum atomic E-state index is 12.5. The summed E-state index contributed by atoms with van der Waals surface area (Å²) < 4.78 is 5.21. The largest absolute Gasteiger partial charge is 0.461 e. The van der Waals surface area contributed by atoms with E-state index in [1.54, 1.807) is 0 Å². The van der Waals surface area contributed by atoms with Gasteiger partial charge < -0.3 is 9.84 Å². The first-order chi connectivity index (χ1) is 11.1. The van der Waals surface area contributed by atoms with Crippen molar-refractivity contribution >= 4 is 11.8 Å². The highest BCUT2D eigenvalue weighted by molar-refractivity contribution is 5.85. The topological polar surface area (TPSA) is 63.6 Å². The molecule has 0 aliphatic carbocycles. The van der Waals surface area contributed by atoms with E-state index in [1.165, 1.54) is 0 Å². The summed E-state index contributed by atoms with van der Waals surface area (Å²) in [4.78, 5) is 23.8. The van der Waals surface area contributed by atoms with E-state index in [-0.39, 0.29) is 47.4 Å². The highest BCUT2D eigenvalue weighted by Crippen LogP contribution is 2.32. The third-order valence-electron chi connectivity index (χ3n) is 5.49. The van der Waals surface area contributed by atoms with Crippen molar-refractivity contribution in [3.63, 3.8) is 0 Å². The van der Waals surface area contributed by atoms with Crippen molar-refractivity contribution in [3.05, 3.63) is 11.6 Å². The van der Waals surface area contributed by atoms with Crippen molar-refractivity contribution in [3.8, 4) is 0 Å². The minimum Gasteiger partial charge on any atom is -0.461 e. The number of allylic oxidation sites excluding steroid dienone is 2. The van der Waals surface area contributed by atoms with Gasteiger partial charge in [0.1, 0.15) is 11.9 Å². The molecule has 7 atom stereocenters. The monoisotopic (exact) mass is 338 g/mol. The molecule has 1 aliphatic heterocycles. The van der Waals surface area contributed by atoms with E-state index in [4.69, 9.17) is 4.74 Å². The Morgan fingerprint density at radius 1 is 1.29 bits per heavy atom. The lowest BCUT2D eigenvalue weighted by molar-refractivity contribution is -0.188. The van der Waals surface area contributed by atoms with Crippen LogP contribution in [-0.4, -0.2) is 29.1 Å². The van der Waals surface area contributed by atoms with E-state index < -0.39 is 6.10 Å². The van der Waals surface area contributed by atoms with Gasteiger partial charge in [0.2, 0.25) is 0 Å². The number of aliphatic hydroxyl groups excluding tert-OH is 1. The summed E-state index contributed by atoms with van der Waals surface area (Å²) in [5, 5.41) is 10.3. The van der Waals surface area contributed by atoms with Crippen LogP contribution in [0.4, 0.5) is 0 Å². The molecule has 0 amide bonds. The molecule has 0 bridgehead atoms. The van der Waals surface area contributed by atoms with E-state index >= 15 is 0 Å². The van der Waals surface area contributed by atoms with Crippen LogP contribution >= 0.6 is 0 Å². The maximum absolute atomic E-state index is 12.5. The van der Waals surface area contributed by atoms with Crippen LogP contribution in [0.3, 0.4) is 0 Å². The Balaban J connectivity index is 2.60. The second-order valence-electron chi connectivity index (χ2n) is 7.74. The summed E-state index contributed by atoms with van der Waals surface area (Å²) >= 11 is 0. The number of cyclic esters (lactones) is 1. The highest BCUT2D eigenvalue weighted by Gasteiger charge is 2.41. The van der Waals surface area contributed by atoms with E-state index in [1.807, 2.05) is 47.6 Å². The molecular weight excluding hydrogens is 304 g/mol. The number of hydrogen-bond donors (Lipinski definition) is 1. The van der Waals surface area contributed by atoms with E-state index in [0.717, 1.165) is 18.4 Å². The molecule has 0 aromatic heterocycles. The number of aliphatic hydroxyl groups is 1. The molecule has 1 aliphatic rings. The van der Waals surface area contributed by atoms with Gasteiger partial charge in [0.05, 0.1) is 12.0 Å².